The van der Waals surface area contributed by atoms with Crippen molar-refractivity contribution in [2.75, 3.05) is 11.5 Å². The van der Waals surface area contributed by atoms with E-state index in [-0.39, 0.29) is 38.5 Å². The Labute approximate surface area is 473 Å². The van der Waals surface area contributed by atoms with Gasteiger partial charge in [-0.15, -0.1) is 0 Å². The van der Waals surface area contributed by atoms with Gasteiger partial charge in [-0.2, -0.15) is 0 Å². The summed E-state index contributed by atoms with van der Waals surface area (Å²) in [4.78, 5) is 58.5. The molecule has 14 nitrogen and oxygen atoms in total. The number of aliphatic hydroxyl groups is 2. The molecule has 0 aromatic heterocycles. The Morgan fingerprint density at radius 1 is 0.425 bits per heavy atom. The van der Waals surface area contributed by atoms with Gasteiger partial charge in [0, 0.05) is 0 Å². The van der Waals surface area contributed by atoms with Crippen LogP contribution < -0.4 is 21.3 Å². The molecule has 16 heteroatoms. The van der Waals surface area contributed by atoms with Crippen molar-refractivity contribution in [3.05, 3.63) is 168 Å². The summed E-state index contributed by atoms with van der Waals surface area (Å²) in [7, 11) is -7.68. The molecule has 0 saturated carbocycles. The number of rotatable bonds is 27. The lowest BCUT2D eigenvalue weighted by atomic mass is 9.90. The van der Waals surface area contributed by atoms with Crippen LogP contribution in [0.25, 0.3) is 21.5 Å². The third-order valence-electron chi connectivity index (χ3n) is 15.0. The Morgan fingerprint density at radius 3 is 1.09 bits per heavy atom. The topological polar surface area (TPSA) is 225 Å². The molecule has 6 N–H and O–H groups in total. The first-order valence-electron chi connectivity index (χ1n) is 27.9. The Kier molecular flexibility index (Phi) is 21.8. The number of amides is 4. The van der Waals surface area contributed by atoms with E-state index in [1.54, 1.807) is 90.1 Å². The van der Waals surface area contributed by atoms with Crippen LogP contribution in [0.5, 0.6) is 0 Å². The number of sulfone groups is 2. The van der Waals surface area contributed by atoms with E-state index in [0.717, 1.165) is 32.7 Å². The third kappa shape index (κ3) is 16.8. The fourth-order valence-corrected chi connectivity index (χ4v) is 12.5. The van der Waals surface area contributed by atoms with E-state index in [1.165, 1.54) is 0 Å². The Morgan fingerprint density at radius 2 is 0.750 bits per heavy atom. The van der Waals surface area contributed by atoms with Gasteiger partial charge in [0.25, 0.3) is 0 Å². The monoisotopic (exact) mass is 1130 g/mol. The van der Waals surface area contributed by atoms with Gasteiger partial charge in [-0.1, -0.05) is 172 Å². The summed E-state index contributed by atoms with van der Waals surface area (Å²) < 4.78 is 52.9. The lowest BCUT2D eigenvalue weighted by Crippen LogP contribution is -2.61. The number of carbonyl (C=O) groups excluding carboxylic acids is 4. The first-order chi connectivity index (χ1) is 37.8. The molecular weight excluding hydrogens is 1050 g/mol. The summed E-state index contributed by atoms with van der Waals surface area (Å²) in [5.41, 5.74) is 2.95. The largest absolute Gasteiger partial charge is 0.388 e. The second-order valence-corrected chi connectivity index (χ2v) is 28.7. The second kappa shape index (κ2) is 27.8. The Bertz CT molecular complexity index is 3040. The van der Waals surface area contributed by atoms with Crippen molar-refractivity contribution in [3.63, 3.8) is 0 Å². The van der Waals surface area contributed by atoms with Gasteiger partial charge in [0.2, 0.25) is 23.6 Å². The fraction of sp³-hybridized carbons (Fsp3) is 0.438. The maximum absolute atomic E-state index is 14.7. The molecule has 0 aliphatic heterocycles. The number of hydrogen-bond acceptors (Lipinski definition) is 10. The molecule has 0 unspecified atom stereocenters. The molecule has 0 bridgehead atoms. The number of benzene rings is 6. The van der Waals surface area contributed by atoms with E-state index in [1.807, 2.05) is 111 Å². The smallest absolute Gasteiger partial charge is 0.242 e. The van der Waals surface area contributed by atoms with Crippen LogP contribution in [0.15, 0.2) is 146 Å². The van der Waals surface area contributed by atoms with E-state index in [0.29, 0.717) is 24.0 Å². The predicted octanol–water partition coefficient (Wildman–Crippen LogP) is 8.18. The highest BCUT2D eigenvalue weighted by atomic mass is 32.2. The summed E-state index contributed by atoms with van der Waals surface area (Å²) in [5, 5.41) is 40.1. The van der Waals surface area contributed by atoms with Crippen molar-refractivity contribution >= 4 is 64.8 Å². The van der Waals surface area contributed by atoms with Gasteiger partial charge in [0.05, 0.1) is 44.9 Å². The van der Waals surface area contributed by atoms with Crippen LogP contribution in [0.2, 0.25) is 0 Å². The number of fused-ring (bicyclic) bond motifs is 2. The van der Waals surface area contributed by atoms with Crippen LogP contribution in [-0.4, -0.2) is 108 Å². The van der Waals surface area contributed by atoms with E-state index in [9.17, 15) is 46.2 Å². The van der Waals surface area contributed by atoms with Crippen LogP contribution in [-0.2, 0) is 64.5 Å². The van der Waals surface area contributed by atoms with E-state index >= 15 is 0 Å². The molecule has 6 rings (SSSR count). The van der Waals surface area contributed by atoms with Crippen LogP contribution in [0, 0.1) is 11.8 Å². The number of aliphatic hydroxyl groups excluding tert-OH is 2. The van der Waals surface area contributed by atoms with Crippen molar-refractivity contribution in [2.24, 2.45) is 11.8 Å². The maximum atomic E-state index is 14.7. The van der Waals surface area contributed by atoms with Crippen LogP contribution in [0.3, 0.4) is 0 Å². The zero-order chi connectivity index (χ0) is 58.4. The van der Waals surface area contributed by atoms with Gasteiger partial charge < -0.3 is 31.5 Å². The van der Waals surface area contributed by atoms with Crippen LogP contribution in [0.1, 0.15) is 103 Å². The number of carbonyl (C=O) groups is 4. The molecule has 430 valence electrons. The molecule has 6 aromatic rings. The van der Waals surface area contributed by atoms with Crippen LogP contribution in [0.4, 0.5) is 0 Å². The highest BCUT2D eigenvalue weighted by Gasteiger charge is 2.40. The lowest BCUT2D eigenvalue weighted by Gasteiger charge is -2.35. The number of nitrogens with one attached hydrogen (secondary N) is 4. The predicted molar refractivity (Wildman–Crippen MR) is 319 cm³/mol. The van der Waals surface area contributed by atoms with Gasteiger partial charge in [0.15, 0.2) is 19.7 Å². The molecular formula is C64H82N4O10S2. The highest BCUT2D eigenvalue weighted by molar-refractivity contribution is 7.93. The van der Waals surface area contributed by atoms with Crippen molar-refractivity contribution < 1.29 is 46.2 Å². The van der Waals surface area contributed by atoms with Crippen molar-refractivity contribution in [1.29, 1.82) is 0 Å². The standard InChI is InChI=1S/C64H82N4O10S2/c1-9-23-53(65-59(71)49(41-79(75,76)63(3,4)5)39-47-33-21-31-45-29-17-19-35-51(45)47)61(73)67-55(37-43-25-13-11-14-26-43)57(69)58(70)56(38-44-27-15-12-16-28-44)68-62(74)54(24-10-2)66-60(72)50(42-80(77,78)64(6,7)8)40-48-34-22-32-46-30-18-20-36-52(46)48/h11-22,25-36,49-50,53-58,69-70H,9-10,23-24,37-42H2,1-8H3,(H,65,71)(H,66,72)(H,67,73)(H,68,74)/t49-,50-,53+,54+,55+,56+,57-,58-/m1/s1. The van der Waals surface area contributed by atoms with Gasteiger partial charge in [-0.05, 0) is 124 Å². The summed E-state index contributed by atoms with van der Waals surface area (Å²) in [6.45, 7) is 13.2. The molecule has 0 aliphatic rings. The maximum Gasteiger partial charge on any atom is 0.242 e. The molecule has 6 aromatic carbocycles. The first-order valence-corrected chi connectivity index (χ1v) is 31.2. The Hall–Kier alpha value is -6.46. The minimum Gasteiger partial charge on any atom is -0.388 e. The van der Waals surface area contributed by atoms with Gasteiger partial charge in [0.1, 0.15) is 24.3 Å². The molecule has 0 saturated heterocycles. The van der Waals surface area contributed by atoms with Gasteiger partial charge in [-0.25, -0.2) is 16.8 Å². The molecule has 8 atom stereocenters. The summed E-state index contributed by atoms with van der Waals surface area (Å²) in [6.07, 6.45) is -2.10. The fourth-order valence-electron chi connectivity index (χ4n) is 9.94. The summed E-state index contributed by atoms with van der Waals surface area (Å²) in [6, 6.07) is 39.9. The minimum absolute atomic E-state index is 0.0151. The van der Waals surface area contributed by atoms with Crippen molar-refractivity contribution in [1.82, 2.24) is 21.3 Å². The number of hydrogen-bond donors (Lipinski definition) is 6. The van der Waals surface area contributed by atoms with Gasteiger partial charge >= 0.3 is 0 Å². The Balaban J connectivity index is 1.28. The second-order valence-electron chi connectivity index (χ2n) is 23.2. The molecule has 80 heavy (non-hydrogen) atoms. The normalized spacial score (nSPS) is 15.4. The van der Waals surface area contributed by atoms with E-state index < -0.39 is 113 Å². The summed E-state index contributed by atoms with van der Waals surface area (Å²) >= 11 is 0. The molecule has 0 spiro atoms. The van der Waals surface area contributed by atoms with Crippen molar-refractivity contribution in [2.45, 2.75) is 153 Å². The van der Waals surface area contributed by atoms with Crippen molar-refractivity contribution in [3.8, 4) is 0 Å². The third-order valence-corrected chi connectivity index (χ3v) is 20.4. The highest BCUT2D eigenvalue weighted by Crippen LogP contribution is 2.28. The molecule has 0 fully saturated rings. The van der Waals surface area contributed by atoms with E-state index in [2.05, 4.69) is 21.3 Å². The molecule has 0 radical (unpaired) electrons. The quantitative estimate of drug-likeness (QED) is 0.0290. The van der Waals surface area contributed by atoms with E-state index in [4.69, 9.17) is 0 Å². The SMILES string of the molecule is CCC[C@H](NC(=O)[C@H](Cc1cccc2ccccc12)CS(=O)(=O)C(C)(C)C)C(=O)N[C@@H](Cc1ccccc1)[C@@H](O)[C@H](O)[C@H](Cc1ccccc1)NC(=O)[C@H](CCC)NC(=O)[C@H](Cc1cccc2ccccc12)CS(=O)(=O)C(C)(C)C. The zero-order valence-electron chi connectivity index (χ0n) is 47.5. The zero-order valence-corrected chi connectivity index (χ0v) is 49.2. The molecule has 0 heterocycles. The first kappa shape index (κ1) is 62.7. The average molecular weight is 1130 g/mol. The minimum atomic E-state index is -3.84. The van der Waals surface area contributed by atoms with Gasteiger partial charge in [-0.3, -0.25) is 19.2 Å². The molecule has 0 aliphatic carbocycles. The lowest BCUT2D eigenvalue weighted by molar-refractivity contribution is -0.133. The molecule has 4 amide bonds. The average Bonchev–Trinajstić information content (AvgIpc) is 3.48. The van der Waals surface area contributed by atoms with Crippen LogP contribution >= 0.6 is 0 Å². The summed E-state index contributed by atoms with van der Waals surface area (Å²) in [5.74, 6) is -5.72.